The van der Waals surface area contributed by atoms with Crippen LogP contribution in [0.25, 0.3) is 0 Å². The van der Waals surface area contributed by atoms with Crippen LogP contribution in [-0.2, 0) is 0 Å². The van der Waals surface area contributed by atoms with Gasteiger partial charge in [0.05, 0.1) is 0 Å². The topological polar surface area (TPSA) is 13.0 Å². The van der Waals surface area contributed by atoms with E-state index in [4.69, 9.17) is 0 Å². The zero-order chi connectivity index (χ0) is 13.4. The standard InChI is InChI=1S/C13H30N4S/c1-14-6-4-7-16(3)12-13-17(18)9-5-8-15(2)11-10-14/h18H,4-13H2,1-3H3. The highest BCUT2D eigenvalue weighted by Gasteiger charge is 2.07. The van der Waals surface area contributed by atoms with Crippen molar-refractivity contribution in [2.75, 3.05) is 73.5 Å². The fourth-order valence-electron chi connectivity index (χ4n) is 2.21. The highest BCUT2D eigenvalue weighted by atomic mass is 32.1. The molecule has 0 saturated carbocycles. The Morgan fingerprint density at radius 3 is 1.44 bits per heavy atom. The molecular formula is C13H30N4S. The van der Waals surface area contributed by atoms with Crippen LogP contribution in [0.2, 0.25) is 0 Å². The van der Waals surface area contributed by atoms with Crippen LogP contribution < -0.4 is 0 Å². The molecule has 4 nitrogen and oxygen atoms in total. The maximum Gasteiger partial charge on any atom is 0.0215 e. The minimum atomic E-state index is 1.05. The minimum absolute atomic E-state index is 1.05. The summed E-state index contributed by atoms with van der Waals surface area (Å²) in [5, 5.41) is 0. The Balaban J connectivity index is 2.36. The van der Waals surface area contributed by atoms with E-state index in [1.807, 2.05) is 0 Å². The Bertz CT molecular complexity index is 173. The molecule has 1 aliphatic heterocycles. The lowest BCUT2D eigenvalue weighted by molar-refractivity contribution is 0.224. The first kappa shape index (κ1) is 16.2. The average Bonchev–Trinajstić information content (AvgIpc) is 2.33. The summed E-state index contributed by atoms with van der Waals surface area (Å²) >= 11 is 4.54. The Labute approximate surface area is 118 Å². The Hall–Kier alpha value is 0.190. The van der Waals surface area contributed by atoms with Crippen molar-refractivity contribution in [3.63, 3.8) is 0 Å². The van der Waals surface area contributed by atoms with Crippen molar-refractivity contribution in [2.45, 2.75) is 12.8 Å². The summed E-state index contributed by atoms with van der Waals surface area (Å²) in [4.78, 5) is 7.28. The monoisotopic (exact) mass is 274 g/mol. The number of likely N-dealkylation sites (N-methyl/N-ethyl adjacent to an activating group) is 3. The molecule has 0 aromatic heterocycles. The maximum atomic E-state index is 4.54. The summed E-state index contributed by atoms with van der Waals surface area (Å²) < 4.78 is 2.15. The van der Waals surface area contributed by atoms with E-state index in [1.165, 1.54) is 45.6 Å². The van der Waals surface area contributed by atoms with Gasteiger partial charge in [-0.3, -0.25) is 4.31 Å². The van der Waals surface area contributed by atoms with Crippen molar-refractivity contribution < 1.29 is 0 Å². The maximum absolute atomic E-state index is 4.54. The normalized spacial score (nSPS) is 26.0. The second-order valence-electron chi connectivity index (χ2n) is 5.57. The van der Waals surface area contributed by atoms with Gasteiger partial charge in [0.15, 0.2) is 0 Å². The SMILES string of the molecule is CN1CCCN(C)CCN(S)CCCN(C)CC1. The second kappa shape index (κ2) is 9.15. The molecule has 108 valence electrons. The first-order valence-corrected chi connectivity index (χ1v) is 7.47. The van der Waals surface area contributed by atoms with Crippen molar-refractivity contribution in [2.24, 2.45) is 0 Å². The average molecular weight is 274 g/mol. The van der Waals surface area contributed by atoms with Crippen molar-refractivity contribution >= 4 is 12.8 Å². The molecule has 0 N–H and O–H groups in total. The largest absolute Gasteiger partial charge is 0.305 e. The predicted molar refractivity (Wildman–Crippen MR) is 82.3 cm³/mol. The number of thiol groups is 1. The lowest BCUT2D eigenvalue weighted by Gasteiger charge is -2.26. The van der Waals surface area contributed by atoms with Gasteiger partial charge in [-0.25, -0.2) is 0 Å². The number of nitrogens with zero attached hydrogens (tertiary/aromatic N) is 4. The first-order valence-electron chi connectivity index (χ1n) is 7.07. The van der Waals surface area contributed by atoms with E-state index in [0.717, 1.165) is 19.6 Å². The van der Waals surface area contributed by atoms with Crippen molar-refractivity contribution in [3.05, 3.63) is 0 Å². The molecule has 5 heteroatoms. The highest BCUT2D eigenvalue weighted by molar-refractivity contribution is 7.77. The van der Waals surface area contributed by atoms with Gasteiger partial charge >= 0.3 is 0 Å². The molecule has 0 aromatic carbocycles. The van der Waals surface area contributed by atoms with Crippen LogP contribution in [0.1, 0.15) is 12.8 Å². The van der Waals surface area contributed by atoms with Gasteiger partial charge in [0.2, 0.25) is 0 Å². The van der Waals surface area contributed by atoms with Gasteiger partial charge in [-0.05, 0) is 53.6 Å². The van der Waals surface area contributed by atoms with Crippen molar-refractivity contribution in [1.29, 1.82) is 0 Å². The summed E-state index contributed by atoms with van der Waals surface area (Å²) in [7, 11) is 6.66. The van der Waals surface area contributed by atoms with E-state index in [1.54, 1.807) is 0 Å². The number of hydrogen-bond acceptors (Lipinski definition) is 5. The number of rotatable bonds is 0. The molecule has 0 aromatic rings. The fourth-order valence-corrected chi connectivity index (χ4v) is 2.44. The molecule has 1 heterocycles. The molecule has 1 rings (SSSR count). The van der Waals surface area contributed by atoms with E-state index in [0.29, 0.717) is 0 Å². The summed E-state index contributed by atoms with van der Waals surface area (Å²) in [6, 6.07) is 0. The molecule has 1 fully saturated rings. The van der Waals surface area contributed by atoms with Crippen molar-refractivity contribution in [3.8, 4) is 0 Å². The van der Waals surface area contributed by atoms with E-state index >= 15 is 0 Å². The summed E-state index contributed by atoms with van der Waals surface area (Å²) in [6.45, 7) is 9.13. The third-order valence-corrected chi connectivity index (χ3v) is 4.04. The molecule has 0 unspecified atom stereocenters. The molecular weight excluding hydrogens is 244 g/mol. The second-order valence-corrected chi connectivity index (χ2v) is 6.14. The van der Waals surface area contributed by atoms with Crippen LogP contribution in [-0.4, -0.2) is 92.5 Å². The minimum Gasteiger partial charge on any atom is -0.305 e. The molecule has 0 amide bonds. The zero-order valence-electron chi connectivity index (χ0n) is 12.3. The van der Waals surface area contributed by atoms with Crippen LogP contribution in [0.4, 0.5) is 0 Å². The summed E-state index contributed by atoms with van der Waals surface area (Å²) in [6.07, 6.45) is 2.46. The van der Waals surface area contributed by atoms with E-state index < -0.39 is 0 Å². The lowest BCUT2D eigenvalue weighted by atomic mass is 10.3. The fraction of sp³-hybridized carbons (Fsp3) is 1.00. The van der Waals surface area contributed by atoms with Gasteiger partial charge in [-0.1, -0.05) is 12.8 Å². The molecule has 0 atom stereocenters. The molecule has 0 aliphatic carbocycles. The predicted octanol–water partition coefficient (Wildman–Crippen LogP) is 0.722. The van der Waals surface area contributed by atoms with Gasteiger partial charge < -0.3 is 14.7 Å². The Kier molecular flexibility index (Phi) is 8.26. The van der Waals surface area contributed by atoms with Crippen LogP contribution in [0.3, 0.4) is 0 Å². The van der Waals surface area contributed by atoms with E-state index in [9.17, 15) is 0 Å². The highest BCUT2D eigenvalue weighted by Crippen LogP contribution is 2.00. The molecule has 0 bridgehead atoms. The van der Waals surface area contributed by atoms with Gasteiger partial charge in [0.1, 0.15) is 0 Å². The zero-order valence-corrected chi connectivity index (χ0v) is 13.2. The lowest BCUT2D eigenvalue weighted by Crippen LogP contribution is -2.36. The molecule has 18 heavy (non-hydrogen) atoms. The van der Waals surface area contributed by atoms with E-state index in [-0.39, 0.29) is 0 Å². The Morgan fingerprint density at radius 1 is 0.556 bits per heavy atom. The van der Waals surface area contributed by atoms with Crippen LogP contribution in [0.5, 0.6) is 0 Å². The third-order valence-electron chi connectivity index (χ3n) is 3.64. The molecule has 1 saturated heterocycles. The quantitative estimate of drug-likeness (QED) is 0.654. The summed E-state index contributed by atoms with van der Waals surface area (Å²) in [5.74, 6) is 0. The Morgan fingerprint density at radius 2 is 0.944 bits per heavy atom. The first-order chi connectivity index (χ1) is 8.58. The third kappa shape index (κ3) is 7.59. The smallest absolute Gasteiger partial charge is 0.0215 e. The van der Waals surface area contributed by atoms with Gasteiger partial charge in [0, 0.05) is 32.7 Å². The van der Waals surface area contributed by atoms with Crippen LogP contribution in [0.15, 0.2) is 0 Å². The van der Waals surface area contributed by atoms with Crippen LogP contribution >= 0.6 is 12.8 Å². The van der Waals surface area contributed by atoms with Gasteiger partial charge in [-0.2, -0.15) is 0 Å². The molecule has 0 radical (unpaired) electrons. The van der Waals surface area contributed by atoms with Crippen LogP contribution in [0, 0.1) is 0 Å². The van der Waals surface area contributed by atoms with Gasteiger partial charge in [0.25, 0.3) is 0 Å². The van der Waals surface area contributed by atoms with Crippen molar-refractivity contribution in [1.82, 2.24) is 19.0 Å². The molecule has 0 spiro atoms. The number of hydrogen-bond donors (Lipinski definition) is 1. The van der Waals surface area contributed by atoms with Gasteiger partial charge in [-0.15, -0.1) is 0 Å². The summed E-state index contributed by atoms with van der Waals surface area (Å²) in [5.41, 5.74) is 0. The molecule has 1 aliphatic rings. The van der Waals surface area contributed by atoms with E-state index in [2.05, 4.69) is 53.0 Å².